The van der Waals surface area contributed by atoms with Gasteiger partial charge in [-0.15, -0.1) is 11.8 Å². The average Bonchev–Trinajstić information content (AvgIpc) is 2.57. The maximum Gasteiger partial charge on any atom is 0.307 e. The molecule has 0 heterocycles. The van der Waals surface area contributed by atoms with Gasteiger partial charge in [0.2, 0.25) is 0 Å². The normalized spacial score (nSPS) is 24.5. The number of hydrogen-bond acceptors (Lipinski definition) is 2. The fraction of sp³-hybridized carbons (Fsp3) is 0.500. The molecule has 1 saturated carbocycles. The van der Waals surface area contributed by atoms with Crippen molar-refractivity contribution in [2.24, 2.45) is 5.92 Å². The van der Waals surface area contributed by atoms with Crippen molar-refractivity contribution in [3.8, 4) is 0 Å². The molecule has 1 aromatic carbocycles. The summed E-state index contributed by atoms with van der Waals surface area (Å²) in [5, 5.41) is 9.55. The van der Waals surface area contributed by atoms with Gasteiger partial charge in [0.1, 0.15) is 0 Å². The van der Waals surface area contributed by atoms with Crippen LogP contribution in [0.25, 0.3) is 0 Å². The van der Waals surface area contributed by atoms with Crippen LogP contribution in [0.5, 0.6) is 0 Å². The molecule has 0 saturated heterocycles. The number of carboxylic acid groups (broad SMARTS) is 1. The Morgan fingerprint density at radius 2 is 1.94 bits per heavy atom. The SMILES string of the molecule is O=C(O)C1CCCCCC1Sc1ccccc1Br. The predicted molar refractivity (Wildman–Crippen MR) is 78.0 cm³/mol. The van der Waals surface area contributed by atoms with Gasteiger partial charge in [0, 0.05) is 14.6 Å². The number of carboxylic acids is 1. The van der Waals surface area contributed by atoms with E-state index in [0.29, 0.717) is 0 Å². The highest BCUT2D eigenvalue weighted by atomic mass is 79.9. The van der Waals surface area contributed by atoms with Crippen molar-refractivity contribution in [1.82, 2.24) is 0 Å². The zero-order chi connectivity index (χ0) is 13.0. The molecule has 0 amide bonds. The molecule has 1 aliphatic carbocycles. The summed E-state index contributed by atoms with van der Waals surface area (Å²) in [6, 6.07) is 8.04. The molecular weight excluding hydrogens is 312 g/mol. The van der Waals surface area contributed by atoms with Gasteiger partial charge in [0.15, 0.2) is 0 Å². The molecule has 0 radical (unpaired) electrons. The van der Waals surface area contributed by atoms with Crippen LogP contribution in [0.2, 0.25) is 0 Å². The third-order valence-electron chi connectivity index (χ3n) is 3.38. The lowest BCUT2D eigenvalue weighted by Crippen LogP contribution is -2.24. The third kappa shape index (κ3) is 3.51. The summed E-state index contributed by atoms with van der Waals surface area (Å²) in [5.74, 6) is -0.842. The maximum absolute atomic E-state index is 11.4. The van der Waals surface area contributed by atoms with Crippen LogP contribution in [0.3, 0.4) is 0 Å². The Balaban J connectivity index is 2.14. The van der Waals surface area contributed by atoms with E-state index in [1.54, 1.807) is 11.8 Å². The largest absolute Gasteiger partial charge is 0.481 e. The van der Waals surface area contributed by atoms with E-state index in [9.17, 15) is 9.90 Å². The smallest absolute Gasteiger partial charge is 0.307 e. The van der Waals surface area contributed by atoms with E-state index in [4.69, 9.17) is 0 Å². The summed E-state index contributed by atoms with van der Waals surface area (Å²) in [4.78, 5) is 12.5. The monoisotopic (exact) mass is 328 g/mol. The van der Waals surface area contributed by atoms with E-state index in [-0.39, 0.29) is 11.2 Å². The Hall–Kier alpha value is -0.480. The molecule has 18 heavy (non-hydrogen) atoms. The summed E-state index contributed by atoms with van der Waals surface area (Å²) in [5.41, 5.74) is 0. The van der Waals surface area contributed by atoms with Gasteiger partial charge < -0.3 is 5.11 Å². The van der Waals surface area contributed by atoms with Crippen molar-refractivity contribution in [2.45, 2.75) is 42.2 Å². The fourth-order valence-electron chi connectivity index (χ4n) is 2.40. The molecule has 0 bridgehead atoms. The van der Waals surface area contributed by atoms with Gasteiger partial charge in [-0.1, -0.05) is 31.4 Å². The van der Waals surface area contributed by atoms with Gasteiger partial charge in [-0.3, -0.25) is 4.79 Å². The van der Waals surface area contributed by atoms with Crippen molar-refractivity contribution in [3.05, 3.63) is 28.7 Å². The molecule has 2 atom stereocenters. The van der Waals surface area contributed by atoms with Crippen LogP contribution in [0.4, 0.5) is 0 Å². The summed E-state index contributed by atoms with van der Waals surface area (Å²) < 4.78 is 1.06. The first-order chi connectivity index (χ1) is 8.68. The van der Waals surface area contributed by atoms with Crippen LogP contribution < -0.4 is 0 Å². The van der Waals surface area contributed by atoms with Crippen molar-refractivity contribution in [1.29, 1.82) is 0 Å². The van der Waals surface area contributed by atoms with Gasteiger partial charge in [0.25, 0.3) is 0 Å². The summed E-state index contributed by atoms with van der Waals surface area (Å²) in [6.07, 6.45) is 5.17. The van der Waals surface area contributed by atoms with Gasteiger partial charge >= 0.3 is 5.97 Å². The van der Waals surface area contributed by atoms with Crippen LogP contribution in [-0.4, -0.2) is 16.3 Å². The Morgan fingerprint density at radius 3 is 2.67 bits per heavy atom. The topological polar surface area (TPSA) is 37.3 Å². The van der Waals surface area contributed by atoms with Crippen molar-refractivity contribution >= 4 is 33.7 Å². The molecule has 4 heteroatoms. The van der Waals surface area contributed by atoms with E-state index in [0.717, 1.165) is 41.5 Å². The number of thioether (sulfide) groups is 1. The fourth-order valence-corrected chi connectivity index (χ4v) is 4.33. The molecule has 2 unspecified atom stereocenters. The quantitative estimate of drug-likeness (QED) is 0.825. The van der Waals surface area contributed by atoms with Crippen LogP contribution in [0.15, 0.2) is 33.6 Å². The van der Waals surface area contributed by atoms with Crippen LogP contribution >= 0.6 is 27.7 Å². The predicted octanol–water partition coefficient (Wildman–Crippen LogP) is 4.57. The van der Waals surface area contributed by atoms with Gasteiger partial charge in [-0.2, -0.15) is 0 Å². The zero-order valence-corrected chi connectivity index (χ0v) is 12.5. The molecule has 1 aromatic rings. The number of benzene rings is 1. The summed E-state index contributed by atoms with van der Waals surface area (Å²) in [6.45, 7) is 0. The maximum atomic E-state index is 11.4. The van der Waals surface area contributed by atoms with E-state index < -0.39 is 5.97 Å². The molecular formula is C14H17BrO2S. The molecule has 1 fully saturated rings. The highest BCUT2D eigenvalue weighted by Gasteiger charge is 2.30. The first-order valence-corrected chi connectivity index (χ1v) is 8.00. The molecule has 2 nitrogen and oxygen atoms in total. The van der Waals surface area contributed by atoms with E-state index in [1.165, 1.54) is 0 Å². The van der Waals surface area contributed by atoms with Crippen molar-refractivity contribution in [2.75, 3.05) is 0 Å². The number of hydrogen-bond donors (Lipinski definition) is 1. The molecule has 98 valence electrons. The molecule has 1 N–H and O–H groups in total. The Labute approximate surface area is 120 Å². The first kappa shape index (κ1) is 13.9. The standard InChI is InChI=1S/C14H17BrO2S/c15-11-7-4-5-9-13(11)18-12-8-3-1-2-6-10(12)14(16)17/h4-5,7,9-10,12H,1-3,6,8H2,(H,16,17). The molecule has 1 aliphatic rings. The minimum atomic E-state index is -0.638. The van der Waals surface area contributed by atoms with Gasteiger partial charge in [0.05, 0.1) is 5.92 Å². The third-order valence-corrected chi connectivity index (χ3v) is 5.82. The lowest BCUT2D eigenvalue weighted by atomic mass is 10.0. The van der Waals surface area contributed by atoms with Crippen LogP contribution in [-0.2, 0) is 4.79 Å². The molecule has 0 aromatic heterocycles. The molecule has 0 spiro atoms. The second-order valence-electron chi connectivity index (χ2n) is 4.67. The zero-order valence-electron chi connectivity index (χ0n) is 10.1. The Bertz CT molecular complexity index is 422. The number of aliphatic carboxylic acids is 1. The van der Waals surface area contributed by atoms with E-state index >= 15 is 0 Å². The number of carbonyl (C=O) groups is 1. The summed E-state index contributed by atoms with van der Waals surface area (Å²) in [7, 11) is 0. The minimum Gasteiger partial charge on any atom is -0.481 e. The van der Waals surface area contributed by atoms with Crippen molar-refractivity contribution < 1.29 is 9.90 Å². The Morgan fingerprint density at radius 1 is 1.22 bits per heavy atom. The van der Waals surface area contributed by atoms with E-state index in [2.05, 4.69) is 22.0 Å². The Kier molecular flexibility index (Phi) is 5.13. The molecule has 0 aliphatic heterocycles. The van der Waals surface area contributed by atoms with Gasteiger partial charge in [-0.05, 0) is 40.9 Å². The average molecular weight is 329 g/mol. The van der Waals surface area contributed by atoms with Gasteiger partial charge in [-0.25, -0.2) is 0 Å². The first-order valence-electron chi connectivity index (χ1n) is 6.32. The highest BCUT2D eigenvalue weighted by molar-refractivity contribution is 9.10. The summed E-state index contributed by atoms with van der Waals surface area (Å²) >= 11 is 5.24. The minimum absolute atomic E-state index is 0.198. The van der Waals surface area contributed by atoms with E-state index in [1.807, 2.05) is 18.2 Å². The van der Waals surface area contributed by atoms with Crippen LogP contribution in [0.1, 0.15) is 32.1 Å². The lowest BCUT2D eigenvalue weighted by Gasteiger charge is -2.21. The second-order valence-corrected chi connectivity index (χ2v) is 6.80. The molecule has 2 rings (SSSR count). The van der Waals surface area contributed by atoms with Crippen LogP contribution in [0, 0.1) is 5.92 Å². The highest BCUT2D eigenvalue weighted by Crippen LogP contribution is 2.39. The lowest BCUT2D eigenvalue weighted by molar-refractivity contribution is -0.141. The number of halogens is 1. The second kappa shape index (κ2) is 6.62. The number of rotatable bonds is 3. The van der Waals surface area contributed by atoms with Crippen molar-refractivity contribution in [3.63, 3.8) is 0 Å².